The van der Waals surface area contributed by atoms with Crippen molar-refractivity contribution in [1.82, 2.24) is 0 Å². The summed E-state index contributed by atoms with van der Waals surface area (Å²) >= 11 is 1.90. The van der Waals surface area contributed by atoms with Gasteiger partial charge in [-0.3, -0.25) is 0 Å². The molecule has 0 radical (unpaired) electrons. The second-order valence-electron chi connectivity index (χ2n) is 13.8. The van der Waals surface area contributed by atoms with Crippen LogP contribution in [0.1, 0.15) is 11.1 Å². The summed E-state index contributed by atoms with van der Waals surface area (Å²) in [5, 5.41) is 11.5. The molecule has 0 aliphatic carbocycles. The summed E-state index contributed by atoms with van der Waals surface area (Å²) in [6.07, 6.45) is 0. The molecule has 0 saturated heterocycles. The average Bonchev–Trinajstić information content (AvgIpc) is 3.56. The molecule has 0 saturated carbocycles. The van der Waals surface area contributed by atoms with Crippen molar-refractivity contribution in [3.05, 3.63) is 181 Å². The molecule has 0 aliphatic heterocycles. The van der Waals surface area contributed by atoms with Gasteiger partial charge in [0.05, 0.1) is 0 Å². The van der Waals surface area contributed by atoms with Crippen molar-refractivity contribution in [2.75, 3.05) is 0 Å². The van der Waals surface area contributed by atoms with Crippen LogP contribution < -0.4 is 0 Å². The zero-order valence-electron chi connectivity index (χ0n) is 28.6. The van der Waals surface area contributed by atoms with Crippen LogP contribution in [0.4, 0.5) is 0 Å². The minimum atomic E-state index is 1.25. The van der Waals surface area contributed by atoms with Crippen LogP contribution in [-0.4, -0.2) is 0 Å². The third-order valence-corrected chi connectivity index (χ3v) is 11.8. The van der Waals surface area contributed by atoms with Crippen LogP contribution >= 0.6 is 11.3 Å². The minimum absolute atomic E-state index is 1.25. The molecular formula is C50H34S. The van der Waals surface area contributed by atoms with E-state index in [-0.39, 0.29) is 0 Å². The van der Waals surface area contributed by atoms with E-state index in [2.05, 4.69) is 184 Å². The molecule has 0 unspecified atom stereocenters. The van der Waals surface area contributed by atoms with E-state index in [9.17, 15) is 0 Å². The first-order valence-corrected chi connectivity index (χ1v) is 18.5. The van der Waals surface area contributed by atoms with Gasteiger partial charge in [-0.15, -0.1) is 11.3 Å². The molecule has 0 atom stereocenters. The molecule has 0 spiro atoms. The van der Waals surface area contributed by atoms with Crippen LogP contribution in [-0.2, 0) is 0 Å². The molecule has 0 bridgehead atoms. The highest BCUT2D eigenvalue weighted by atomic mass is 32.1. The highest BCUT2D eigenvalue weighted by Crippen LogP contribution is 2.49. The molecule has 0 N–H and O–H groups in total. The van der Waals surface area contributed by atoms with Gasteiger partial charge in [0.1, 0.15) is 0 Å². The molecule has 0 aliphatic rings. The Morgan fingerprint density at radius 1 is 0.333 bits per heavy atom. The van der Waals surface area contributed by atoms with Crippen LogP contribution in [0.25, 0.3) is 97.0 Å². The van der Waals surface area contributed by atoms with Gasteiger partial charge in [0, 0.05) is 20.5 Å². The quantitative estimate of drug-likeness (QED) is 0.130. The van der Waals surface area contributed by atoms with E-state index in [1.54, 1.807) is 0 Å². The normalized spacial score (nSPS) is 11.7. The van der Waals surface area contributed by atoms with Crippen molar-refractivity contribution < 1.29 is 0 Å². The monoisotopic (exact) mass is 666 g/mol. The molecule has 1 heteroatoms. The molecule has 1 aromatic heterocycles. The minimum Gasteiger partial charge on any atom is -0.135 e. The van der Waals surface area contributed by atoms with E-state index >= 15 is 0 Å². The Morgan fingerprint density at radius 2 is 0.824 bits per heavy atom. The number of thiophene rings is 1. The van der Waals surface area contributed by atoms with Crippen LogP contribution in [0.2, 0.25) is 0 Å². The van der Waals surface area contributed by atoms with E-state index < -0.39 is 0 Å². The lowest BCUT2D eigenvalue weighted by atomic mass is 9.83. The van der Waals surface area contributed by atoms with Crippen LogP contribution in [0, 0.1) is 13.8 Å². The fraction of sp³-hybridized carbons (Fsp3) is 0.0400. The summed E-state index contributed by atoms with van der Waals surface area (Å²) < 4.78 is 1.30. The van der Waals surface area contributed by atoms with Gasteiger partial charge >= 0.3 is 0 Å². The lowest BCUT2D eigenvalue weighted by Crippen LogP contribution is -1.92. The van der Waals surface area contributed by atoms with Crippen molar-refractivity contribution in [2.45, 2.75) is 13.8 Å². The Bertz CT molecular complexity index is 2900. The van der Waals surface area contributed by atoms with Crippen molar-refractivity contribution in [3.63, 3.8) is 0 Å². The molecule has 0 nitrogen and oxygen atoms in total. The van der Waals surface area contributed by atoms with Gasteiger partial charge in [-0.2, -0.15) is 0 Å². The summed E-state index contributed by atoms with van der Waals surface area (Å²) in [6.45, 7) is 4.31. The van der Waals surface area contributed by atoms with Gasteiger partial charge in [-0.1, -0.05) is 169 Å². The van der Waals surface area contributed by atoms with Crippen LogP contribution in [0.3, 0.4) is 0 Å². The summed E-state index contributed by atoms with van der Waals surface area (Å²) in [7, 11) is 0. The number of hydrogen-bond donors (Lipinski definition) is 0. The van der Waals surface area contributed by atoms with Gasteiger partial charge in [0.2, 0.25) is 0 Å². The number of hydrogen-bond acceptors (Lipinski definition) is 1. The summed E-state index contributed by atoms with van der Waals surface area (Å²) in [5.41, 5.74) is 11.5. The molecule has 1 heterocycles. The maximum atomic E-state index is 2.44. The molecular weight excluding hydrogens is 633 g/mol. The summed E-state index contributed by atoms with van der Waals surface area (Å²) in [5.74, 6) is 0. The first-order valence-electron chi connectivity index (χ1n) is 17.7. The van der Waals surface area contributed by atoms with Crippen molar-refractivity contribution in [3.8, 4) is 43.8 Å². The SMILES string of the molecule is Cc1ccc(-c2sc3cc(-c4c5ccccc5c(-c5cc6ccccc6c6ccccc56)c5ccccc45)ccc3c2-c2ccc(C)cc2)cc1. The lowest BCUT2D eigenvalue weighted by molar-refractivity contribution is 1.47. The maximum absolute atomic E-state index is 2.44. The van der Waals surface area contributed by atoms with E-state index in [0.717, 1.165) is 0 Å². The maximum Gasteiger partial charge on any atom is 0.0433 e. The number of fused-ring (bicyclic) bond motifs is 6. The van der Waals surface area contributed by atoms with Crippen molar-refractivity contribution in [2.24, 2.45) is 0 Å². The molecule has 0 fully saturated rings. The topological polar surface area (TPSA) is 0 Å². The van der Waals surface area contributed by atoms with Gasteiger partial charge < -0.3 is 0 Å². The van der Waals surface area contributed by atoms with E-state index in [1.165, 1.54) is 108 Å². The zero-order chi connectivity index (χ0) is 34.1. The Kier molecular flexibility index (Phi) is 6.91. The number of benzene rings is 9. The fourth-order valence-electron chi connectivity index (χ4n) is 8.16. The molecule has 9 aromatic carbocycles. The number of rotatable bonds is 4. The first kappa shape index (κ1) is 29.9. The Morgan fingerprint density at radius 3 is 1.45 bits per heavy atom. The van der Waals surface area contributed by atoms with Gasteiger partial charge in [0.15, 0.2) is 0 Å². The molecule has 10 rings (SSSR count). The molecule has 240 valence electrons. The second-order valence-corrected chi connectivity index (χ2v) is 14.8. The third-order valence-electron chi connectivity index (χ3n) is 10.6. The van der Waals surface area contributed by atoms with Crippen LogP contribution in [0.5, 0.6) is 0 Å². The highest BCUT2D eigenvalue weighted by Gasteiger charge is 2.21. The van der Waals surface area contributed by atoms with Gasteiger partial charge in [-0.05, 0) is 102 Å². The van der Waals surface area contributed by atoms with Crippen LogP contribution in [0.15, 0.2) is 170 Å². The van der Waals surface area contributed by atoms with E-state index in [1.807, 2.05) is 11.3 Å². The molecule has 51 heavy (non-hydrogen) atoms. The lowest BCUT2D eigenvalue weighted by Gasteiger charge is -2.19. The fourth-order valence-corrected chi connectivity index (χ4v) is 9.43. The predicted molar refractivity (Wildman–Crippen MR) is 223 cm³/mol. The summed E-state index contributed by atoms with van der Waals surface area (Å²) in [4.78, 5) is 1.32. The standard InChI is InChI=1S/C50H34S/c1-31-19-23-33(24-20-31)48-44-28-27-36(30-46(44)51-50(48)34-25-21-32(2)22-26-34)47-40-15-7-9-17-42(40)49(43-18-10-8-16-41(43)47)45-29-35-11-3-4-12-37(35)38-13-5-6-14-39(38)45/h3-30H,1-2H3. The smallest absolute Gasteiger partial charge is 0.0433 e. The molecule has 10 aromatic rings. The largest absolute Gasteiger partial charge is 0.135 e. The third kappa shape index (κ3) is 4.81. The Balaban J connectivity index is 1.26. The van der Waals surface area contributed by atoms with E-state index in [4.69, 9.17) is 0 Å². The van der Waals surface area contributed by atoms with Crippen molar-refractivity contribution >= 4 is 64.5 Å². The van der Waals surface area contributed by atoms with Crippen molar-refractivity contribution in [1.29, 1.82) is 0 Å². The van der Waals surface area contributed by atoms with Gasteiger partial charge in [-0.25, -0.2) is 0 Å². The van der Waals surface area contributed by atoms with Gasteiger partial charge in [0.25, 0.3) is 0 Å². The average molecular weight is 667 g/mol. The molecule has 0 amide bonds. The highest BCUT2D eigenvalue weighted by molar-refractivity contribution is 7.23. The number of aryl methyl sites for hydroxylation is 2. The zero-order valence-corrected chi connectivity index (χ0v) is 29.4. The summed E-state index contributed by atoms with van der Waals surface area (Å²) in [6, 6.07) is 63.3. The first-order chi connectivity index (χ1) is 25.1. The Hall–Kier alpha value is -6.02. The predicted octanol–water partition coefficient (Wildman–Crippen LogP) is 14.8. The second kappa shape index (κ2) is 11.8. The Labute approximate surface area is 301 Å². The van der Waals surface area contributed by atoms with E-state index in [0.29, 0.717) is 0 Å².